The number of aromatic nitrogens is 2. The molecule has 0 aromatic carbocycles. The Bertz CT molecular complexity index is 982. The first kappa shape index (κ1) is 16.8. The first-order valence-electron chi connectivity index (χ1n) is 9.13. The molecule has 2 atom stereocenters. The second-order valence-electron chi connectivity index (χ2n) is 7.29. The van der Waals surface area contributed by atoms with Crippen molar-refractivity contribution < 1.29 is 9.90 Å². The highest BCUT2D eigenvalue weighted by Gasteiger charge is 2.39. The number of aliphatic carboxylic acids is 1. The molecule has 0 bridgehead atoms. The molecule has 2 fully saturated rings. The number of carbonyl (C=O) groups is 1. The van der Waals surface area contributed by atoms with Crippen LogP contribution in [0.25, 0.3) is 11.0 Å². The standard InChI is InChI=1S/C19H20BrN5O2/c20-13-7-22-18-16(17(13)25-5-3-11-6-21-8-14(11)25)15(9-23-18)24-4-1-2-12(10-24)19(26)27/h1-2,4,7,9,11,14,21H,3,5-6,8,10H2,(H,22,23)(H,26,27). The largest absolute Gasteiger partial charge is 0.478 e. The summed E-state index contributed by atoms with van der Waals surface area (Å²) in [6, 6.07) is 0.487. The fourth-order valence-electron chi connectivity index (χ4n) is 4.53. The van der Waals surface area contributed by atoms with Crippen LogP contribution in [0.5, 0.6) is 0 Å². The van der Waals surface area contributed by atoms with Gasteiger partial charge in [0.25, 0.3) is 0 Å². The van der Waals surface area contributed by atoms with Crippen molar-refractivity contribution in [3.63, 3.8) is 0 Å². The van der Waals surface area contributed by atoms with Gasteiger partial charge in [-0.25, -0.2) is 9.78 Å². The van der Waals surface area contributed by atoms with Crippen molar-refractivity contribution in [3.05, 3.63) is 40.8 Å². The lowest BCUT2D eigenvalue weighted by atomic mass is 10.0. The number of hydrogen-bond donors (Lipinski definition) is 3. The number of aromatic amines is 1. The van der Waals surface area contributed by atoms with E-state index in [9.17, 15) is 9.90 Å². The van der Waals surface area contributed by atoms with E-state index in [1.165, 1.54) is 6.42 Å². The summed E-state index contributed by atoms with van der Waals surface area (Å²) in [5.74, 6) is -0.206. The molecule has 3 aliphatic heterocycles. The highest BCUT2D eigenvalue weighted by Crippen LogP contribution is 2.43. The summed E-state index contributed by atoms with van der Waals surface area (Å²) < 4.78 is 0.971. The zero-order valence-electron chi connectivity index (χ0n) is 14.7. The molecule has 5 rings (SSSR count). The molecule has 7 nitrogen and oxygen atoms in total. The SMILES string of the molecule is O=C(O)C1=CC=CN(c2c[nH]c3ncc(Br)c(N4CCC5CNCC54)c23)C1. The number of halogens is 1. The summed E-state index contributed by atoms with van der Waals surface area (Å²) >= 11 is 3.72. The molecule has 2 saturated heterocycles. The van der Waals surface area contributed by atoms with Crippen LogP contribution < -0.4 is 15.1 Å². The number of carboxylic acids is 1. The molecule has 0 saturated carbocycles. The van der Waals surface area contributed by atoms with Crippen molar-refractivity contribution in [1.82, 2.24) is 15.3 Å². The number of H-pyrrole nitrogens is 1. The maximum Gasteiger partial charge on any atom is 0.333 e. The van der Waals surface area contributed by atoms with Gasteiger partial charge >= 0.3 is 5.97 Å². The van der Waals surface area contributed by atoms with Crippen LogP contribution in [0.3, 0.4) is 0 Å². The number of carboxylic acid groups (broad SMARTS) is 1. The summed E-state index contributed by atoms with van der Waals surface area (Å²) in [5, 5.41) is 13.9. The lowest BCUT2D eigenvalue weighted by molar-refractivity contribution is -0.132. The van der Waals surface area contributed by atoms with Crippen molar-refractivity contribution >= 4 is 44.3 Å². The predicted octanol–water partition coefficient (Wildman–Crippen LogP) is 2.47. The van der Waals surface area contributed by atoms with Gasteiger partial charge in [0.05, 0.1) is 33.4 Å². The van der Waals surface area contributed by atoms with Gasteiger partial charge in [0.1, 0.15) is 5.65 Å². The van der Waals surface area contributed by atoms with Gasteiger partial charge in [0.15, 0.2) is 0 Å². The Morgan fingerprint density at radius 2 is 2.26 bits per heavy atom. The van der Waals surface area contributed by atoms with Crippen LogP contribution in [0, 0.1) is 5.92 Å². The molecule has 2 aromatic rings. The minimum atomic E-state index is -0.886. The number of nitrogens with one attached hydrogen (secondary N) is 2. The molecule has 0 amide bonds. The Hall–Kier alpha value is -2.32. The number of pyridine rings is 1. The van der Waals surface area contributed by atoms with Crippen LogP contribution in [0.1, 0.15) is 6.42 Å². The van der Waals surface area contributed by atoms with Crippen LogP contribution in [0.15, 0.2) is 40.8 Å². The average Bonchev–Trinajstić information content (AvgIpc) is 3.37. The molecule has 140 valence electrons. The van der Waals surface area contributed by atoms with Crippen LogP contribution in [0.2, 0.25) is 0 Å². The Morgan fingerprint density at radius 1 is 1.37 bits per heavy atom. The number of nitrogens with zero attached hydrogens (tertiary/aromatic N) is 3. The van der Waals surface area contributed by atoms with Crippen molar-refractivity contribution in [2.45, 2.75) is 12.5 Å². The second kappa shape index (κ2) is 6.38. The normalized spacial score (nSPS) is 24.6. The monoisotopic (exact) mass is 429 g/mol. The van der Waals surface area contributed by atoms with Crippen molar-refractivity contribution in [3.8, 4) is 0 Å². The molecule has 5 heterocycles. The molecule has 3 N–H and O–H groups in total. The van der Waals surface area contributed by atoms with E-state index >= 15 is 0 Å². The quantitative estimate of drug-likeness (QED) is 0.694. The molecule has 0 radical (unpaired) electrons. The van der Waals surface area contributed by atoms with Gasteiger partial charge < -0.3 is 25.2 Å². The number of fused-ring (bicyclic) bond motifs is 2. The third kappa shape index (κ3) is 2.66. The van der Waals surface area contributed by atoms with Gasteiger partial charge in [-0.15, -0.1) is 0 Å². The third-order valence-corrected chi connectivity index (χ3v) is 6.41. The molecular formula is C19H20BrN5O2. The van der Waals surface area contributed by atoms with E-state index in [2.05, 4.69) is 36.1 Å². The van der Waals surface area contributed by atoms with Gasteiger partial charge in [-0.2, -0.15) is 0 Å². The molecule has 0 aliphatic carbocycles. The van der Waals surface area contributed by atoms with E-state index < -0.39 is 5.97 Å². The molecule has 0 spiro atoms. The van der Waals surface area contributed by atoms with E-state index in [-0.39, 0.29) is 0 Å². The van der Waals surface area contributed by atoms with E-state index in [1.807, 2.05) is 23.5 Å². The summed E-state index contributed by atoms with van der Waals surface area (Å²) in [6.07, 6.45) is 10.3. The maximum atomic E-state index is 11.4. The Balaban J connectivity index is 1.61. The number of anilines is 2. The topological polar surface area (TPSA) is 84.5 Å². The summed E-state index contributed by atoms with van der Waals surface area (Å²) in [4.78, 5) is 23.7. The Labute approximate surface area is 164 Å². The highest BCUT2D eigenvalue weighted by molar-refractivity contribution is 9.10. The predicted molar refractivity (Wildman–Crippen MR) is 108 cm³/mol. The summed E-state index contributed by atoms with van der Waals surface area (Å²) in [5.41, 5.74) is 3.29. The number of hydrogen-bond acceptors (Lipinski definition) is 5. The molecule has 2 aromatic heterocycles. The fraction of sp³-hybridized carbons (Fsp3) is 0.368. The highest BCUT2D eigenvalue weighted by atomic mass is 79.9. The first-order valence-corrected chi connectivity index (χ1v) is 9.93. The van der Waals surface area contributed by atoms with Gasteiger partial charge in [-0.3, -0.25) is 0 Å². The first-order chi connectivity index (χ1) is 13.1. The molecule has 2 unspecified atom stereocenters. The van der Waals surface area contributed by atoms with Crippen LogP contribution in [-0.4, -0.2) is 53.3 Å². The minimum Gasteiger partial charge on any atom is -0.478 e. The third-order valence-electron chi connectivity index (χ3n) is 5.83. The van der Waals surface area contributed by atoms with E-state index in [1.54, 1.807) is 12.2 Å². The molecule has 8 heteroatoms. The van der Waals surface area contributed by atoms with Crippen LogP contribution in [0.4, 0.5) is 11.4 Å². The van der Waals surface area contributed by atoms with Crippen molar-refractivity contribution in [2.24, 2.45) is 5.92 Å². The van der Waals surface area contributed by atoms with Gasteiger partial charge in [0, 0.05) is 44.3 Å². The van der Waals surface area contributed by atoms with Crippen LogP contribution in [-0.2, 0) is 4.79 Å². The Kier molecular flexibility index (Phi) is 3.98. The number of rotatable bonds is 3. The van der Waals surface area contributed by atoms with E-state index in [0.717, 1.165) is 46.5 Å². The van der Waals surface area contributed by atoms with Crippen molar-refractivity contribution in [2.75, 3.05) is 36.0 Å². The average molecular weight is 430 g/mol. The fourth-order valence-corrected chi connectivity index (χ4v) is 5.06. The zero-order valence-corrected chi connectivity index (χ0v) is 16.2. The van der Waals surface area contributed by atoms with E-state index in [4.69, 9.17) is 0 Å². The van der Waals surface area contributed by atoms with Gasteiger partial charge in [0.2, 0.25) is 0 Å². The van der Waals surface area contributed by atoms with Gasteiger partial charge in [-0.05, 0) is 40.4 Å². The number of allylic oxidation sites excluding steroid dienone is 2. The summed E-state index contributed by atoms with van der Waals surface area (Å²) in [6.45, 7) is 3.43. The Morgan fingerprint density at radius 3 is 3.11 bits per heavy atom. The second-order valence-corrected chi connectivity index (χ2v) is 8.14. The molecular weight excluding hydrogens is 410 g/mol. The minimum absolute atomic E-state index is 0.332. The lowest BCUT2D eigenvalue weighted by Crippen LogP contribution is -2.34. The van der Waals surface area contributed by atoms with Crippen molar-refractivity contribution in [1.29, 1.82) is 0 Å². The zero-order chi connectivity index (χ0) is 18.5. The van der Waals surface area contributed by atoms with Crippen LogP contribution >= 0.6 is 15.9 Å². The molecule has 3 aliphatic rings. The van der Waals surface area contributed by atoms with E-state index in [0.29, 0.717) is 24.1 Å². The summed E-state index contributed by atoms with van der Waals surface area (Å²) in [7, 11) is 0. The maximum absolute atomic E-state index is 11.4. The van der Waals surface area contributed by atoms with Gasteiger partial charge in [-0.1, -0.05) is 0 Å². The molecule has 27 heavy (non-hydrogen) atoms. The smallest absolute Gasteiger partial charge is 0.333 e. The lowest BCUT2D eigenvalue weighted by Gasteiger charge is -2.29.